The maximum atomic E-state index is 5.26. The molecule has 0 atom stereocenters. The summed E-state index contributed by atoms with van der Waals surface area (Å²) in [4.78, 5) is 2.45. The molecule has 3 nitrogen and oxygen atoms in total. The average Bonchev–Trinajstić information content (AvgIpc) is 2.93. The number of likely N-dealkylation sites (N-methyl/N-ethyl adjacent to an activating group) is 1. The van der Waals surface area contributed by atoms with E-state index in [4.69, 9.17) is 9.47 Å². The minimum atomic E-state index is 0.471. The summed E-state index contributed by atoms with van der Waals surface area (Å²) in [6.07, 6.45) is 2.65. The van der Waals surface area contributed by atoms with Crippen molar-refractivity contribution in [2.45, 2.75) is 19.8 Å². The van der Waals surface area contributed by atoms with Crippen molar-refractivity contribution in [3.05, 3.63) is 0 Å². The second-order valence-corrected chi connectivity index (χ2v) is 4.29. The lowest BCUT2D eigenvalue weighted by molar-refractivity contribution is 0.0929. The Kier molecular flexibility index (Phi) is 4.85. The predicted octanol–water partition coefficient (Wildman–Crippen LogP) is 1.38. The topological polar surface area (TPSA) is 21.7 Å². The van der Waals surface area contributed by atoms with Gasteiger partial charge in [-0.3, -0.25) is 0 Å². The van der Waals surface area contributed by atoms with Gasteiger partial charge in [0.15, 0.2) is 0 Å². The van der Waals surface area contributed by atoms with Crippen LogP contribution >= 0.6 is 0 Å². The quantitative estimate of drug-likeness (QED) is 0.592. The maximum Gasteiger partial charge on any atom is 0.0589 e. The Balaban J connectivity index is 2.25. The Morgan fingerprint density at radius 1 is 1.21 bits per heavy atom. The number of nitrogens with zero attached hydrogens (tertiary/aromatic N) is 1. The van der Waals surface area contributed by atoms with Gasteiger partial charge in [-0.25, -0.2) is 0 Å². The summed E-state index contributed by atoms with van der Waals surface area (Å²) < 4.78 is 10.4. The van der Waals surface area contributed by atoms with Gasteiger partial charge in [-0.1, -0.05) is 6.92 Å². The first-order valence-electron chi connectivity index (χ1n) is 5.46. The molecule has 1 aliphatic rings. The standard InChI is InChI=1S/C11H23NO2/c1-4-12(7-8-13-2)9-11(5-6-11)10-14-3/h4-10H2,1-3H3. The van der Waals surface area contributed by atoms with E-state index in [-0.39, 0.29) is 0 Å². The van der Waals surface area contributed by atoms with Crippen molar-refractivity contribution in [3.8, 4) is 0 Å². The molecule has 1 fully saturated rings. The van der Waals surface area contributed by atoms with Crippen LogP contribution in [0.5, 0.6) is 0 Å². The largest absolute Gasteiger partial charge is 0.384 e. The van der Waals surface area contributed by atoms with Crippen LogP contribution in [0.25, 0.3) is 0 Å². The van der Waals surface area contributed by atoms with Gasteiger partial charge in [-0.15, -0.1) is 0 Å². The second-order valence-electron chi connectivity index (χ2n) is 4.29. The van der Waals surface area contributed by atoms with Gasteiger partial charge >= 0.3 is 0 Å². The molecule has 0 unspecified atom stereocenters. The van der Waals surface area contributed by atoms with Gasteiger partial charge in [0, 0.05) is 32.7 Å². The summed E-state index contributed by atoms with van der Waals surface area (Å²) in [5.74, 6) is 0. The van der Waals surface area contributed by atoms with Crippen molar-refractivity contribution >= 4 is 0 Å². The smallest absolute Gasteiger partial charge is 0.0589 e. The maximum absolute atomic E-state index is 5.26. The molecule has 0 amide bonds. The van der Waals surface area contributed by atoms with E-state index >= 15 is 0 Å². The molecule has 0 aromatic rings. The summed E-state index contributed by atoms with van der Waals surface area (Å²) in [6.45, 7) is 7.26. The first-order chi connectivity index (χ1) is 6.76. The lowest BCUT2D eigenvalue weighted by Gasteiger charge is -2.25. The van der Waals surface area contributed by atoms with Crippen LogP contribution in [0.1, 0.15) is 19.8 Å². The summed E-state index contributed by atoms with van der Waals surface area (Å²) in [7, 11) is 3.56. The Hall–Kier alpha value is -0.120. The highest BCUT2D eigenvalue weighted by Gasteiger charge is 2.43. The molecule has 0 saturated heterocycles. The van der Waals surface area contributed by atoms with Crippen LogP contribution in [-0.2, 0) is 9.47 Å². The average molecular weight is 201 g/mol. The van der Waals surface area contributed by atoms with E-state index in [0.717, 1.165) is 26.3 Å². The number of hydrogen-bond donors (Lipinski definition) is 0. The van der Waals surface area contributed by atoms with Crippen LogP contribution in [-0.4, -0.2) is 52.0 Å². The van der Waals surface area contributed by atoms with Crippen molar-refractivity contribution in [3.63, 3.8) is 0 Å². The van der Waals surface area contributed by atoms with Gasteiger partial charge in [0.05, 0.1) is 13.2 Å². The molecule has 0 spiro atoms. The zero-order chi connectivity index (χ0) is 10.4. The number of rotatable bonds is 8. The van der Waals surface area contributed by atoms with Gasteiger partial charge in [0.1, 0.15) is 0 Å². The van der Waals surface area contributed by atoms with Crippen LogP contribution < -0.4 is 0 Å². The monoisotopic (exact) mass is 201 g/mol. The van der Waals surface area contributed by atoms with Gasteiger partial charge in [-0.05, 0) is 19.4 Å². The molecular weight excluding hydrogens is 178 g/mol. The minimum absolute atomic E-state index is 0.471. The lowest BCUT2D eigenvalue weighted by Crippen LogP contribution is -2.34. The molecule has 1 saturated carbocycles. The Labute approximate surface area is 87.4 Å². The molecule has 14 heavy (non-hydrogen) atoms. The highest BCUT2D eigenvalue weighted by atomic mass is 16.5. The summed E-state index contributed by atoms with van der Waals surface area (Å²) in [5.41, 5.74) is 0.471. The molecule has 3 heteroatoms. The zero-order valence-electron chi connectivity index (χ0n) is 9.71. The molecule has 0 heterocycles. The zero-order valence-corrected chi connectivity index (χ0v) is 9.71. The number of hydrogen-bond acceptors (Lipinski definition) is 3. The molecule has 84 valence electrons. The molecule has 1 rings (SSSR count). The van der Waals surface area contributed by atoms with Crippen molar-refractivity contribution in [2.75, 3.05) is 47.1 Å². The number of ether oxygens (including phenoxy) is 2. The fourth-order valence-corrected chi connectivity index (χ4v) is 1.87. The predicted molar refractivity (Wildman–Crippen MR) is 57.5 cm³/mol. The SMILES string of the molecule is CCN(CCOC)CC1(COC)CC1. The second kappa shape index (κ2) is 5.69. The van der Waals surface area contributed by atoms with Crippen molar-refractivity contribution in [1.82, 2.24) is 4.90 Å². The normalized spacial score (nSPS) is 18.9. The van der Waals surface area contributed by atoms with E-state index in [1.165, 1.54) is 19.4 Å². The van der Waals surface area contributed by atoms with Gasteiger partial charge in [0.2, 0.25) is 0 Å². The molecule has 0 bridgehead atoms. The Morgan fingerprint density at radius 3 is 2.36 bits per heavy atom. The van der Waals surface area contributed by atoms with E-state index in [1.807, 2.05) is 0 Å². The van der Waals surface area contributed by atoms with E-state index in [2.05, 4.69) is 11.8 Å². The third-order valence-corrected chi connectivity index (χ3v) is 3.03. The molecule has 1 aliphatic carbocycles. The molecular formula is C11H23NO2. The van der Waals surface area contributed by atoms with Crippen molar-refractivity contribution in [1.29, 1.82) is 0 Å². The first kappa shape index (κ1) is 12.0. The third kappa shape index (κ3) is 3.56. The van der Waals surface area contributed by atoms with E-state index in [9.17, 15) is 0 Å². The number of methoxy groups -OCH3 is 2. The van der Waals surface area contributed by atoms with Crippen LogP contribution in [0.2, 0.25) is 0 Å². The Morgan fingerprint density at radius 2 is 1.93 bits per heavy atom. The van der Waals surface area contributed by atoms with Gasteiger partial charge < -0.3 is 14.4 Å². The summed E-state index contributed by atoms with van der Waals surface area (Å²) in [5, 5.41) is 0. The highest BCUT2D eigenvalue weighted by Crippen LogP contribution is 2.46. The molecule has 0 aliphatic heterocycles. The Bertz CT molecular complexity index is 157. The lowest BCUT2D eigenvalue weighted by atomic mass is 10.1. The fourth-order valence-electron chi connectivity index (χ4n) is 1.87. The van der Waals surface area contributed by atoms with E-state index < -0.39 is 0 Å². The van der Waals surface area contributed by atoms with Gasteiger partial charge in [-0.2, -0.15) is 0 Å². The molecule has 0 aromatic heterocycles. The molecule has 0 aromatic carbocycles. The molecule has 0 N–H and O–H groups in total. The summed E-state index contributed by atoms with van der Waals surface area (Å²) in [6, 6.07) is 0. The minimum Gasteiger partial charge on any atom is -0.384 e. The van der Waals surface area contributed by atoms with Crippen LogP contribution in [0.3, 0.4) is 0 Å². The van der Waals surface area contributed by atoms with Gasteiger partial charge in [0.25, 0.3) is 0 Å². The van der Waals surface area contributed by atoms with Crippen molar-refractivity contribution in [2.24, 2.45) is 5.41 Å². The third-order valence-electron chi connectivity index (χ3n) is 3.03. The first-order valence-corrected chi connectivity index (χ1v) is 5.46. The van der Waals surface area contributed by atoms with E-state index in [1.54, 1.807) is 14.2 Å². The fraction of sp³-hybridized carbons (Fsp3) is 1.00. The van der Waals surface area contributed by atoms with Crippen LogP contribution in [0, 0.1) is 5.41 Å². The van der Waals surface area contributed by atoms with Crippen LogP contribution in [0.15, 0.2) is 0 Å². The van der Waals surface area contributed by atoms with Crippen LogP contribution in [0.4, 0.5) is 0 Å². The van der Waals surface area contributed by atoms with E-state index in [0.29, 0.717) is 5.41 Å². The summed E-state index contributed by atoms with van der Waals surface area (Å²) >= 11 is 0. The molecule has 0 radical (unpaired) electrons. The van der Waals surface area contributed by atoms with Crippen molar-refractivity contribution < 1.29 is 9.47 Å². The highest BCUT2D eigenvalue weighted by molar-refractivity contribution is 4.95.